The molecular weight excluding hydrogens is 231 g/mol. The molecule has 2 rings (SSSR count). The lowest BCUT2D eigenvalue weighted by Gasteiger charge is -2.24. The molecule has 1 saturated carbocycles. The van der Waals surface area contributed by atoms with Crippen LogP contribution in [0.2, 0.25) is 0 Å². The van der Waals surface area contributed by atoms with E-state index >= 15 is 0 Å². The molecule has 94 valence electrons. The van der Waals surface area contributed by atoms with Crippen LogP contribution in [-0.4, -0.2) is 10.1 Å². The maximum atomic E-state index is 12.8. The molecule has 0 aliphatic heterocycles. The highest BCUT2D eigenvalue weighted by atomic mass is 19.4. The van der Waals surface area contributed by atoms with Crippen molar-refractivity contribution < 1.29 is 18.3 Å². The van der Waals surface area contributed by atoms with Crippen LogP contribution in [0.1, 0.15) is 49.3 Å². The standard InChI is InChI=1S/C12H14F3NO/c13-12(14,15)10-6-9(17)7-16-11(10)8-4-2-1-3-5-8/h6-8,17H,1-5H2. The molecule has 0 saturated heterocycles. The van der Waals surface area contributed by atoms with Crippen LogP contribution in [0.5, 0.6) is 5.75 Å². The molecule has 1 N–H and O–H groups in total. The second-order valence-corrected chi connectivity index (χ2v) is 4.46. The minimum atomic E-state index is -4.45. The highest BCUT2D eigenvalue weighted by molar-refractivity contribution is 5.33. The van der Waals surface area contributed by atoms with Crippen LogP contribution in [0.25, 0.3) is 0 Å². The summed E-state index contributed by atoms with van der Waals surface area (Å²) in [6.07, 6.45) is 1.13. The van der Waals surface area contributed by atoms with Crippen LogP contribution in [0.3, 0.4) is 0 Å². The number of rotatable bonds is 1. The van der Waals surface area contributed by atoms with E-state index in [-0.39, 0.29) is 11.6 Å². The minimum Gasteiger partial charge on any atom is -0.506 e. The Hall–Kier alpha value is -1.26. The van der Waals surface area contributed by atoms with Gasteiger partial charge >= 0.3 is 6.18 Å². The predicted molar refractivity (Wildman–Crippen MR) is 56.7 cm³/mol. The molecule has 1 aromatic heterocycles. The topological polar surface area (TPSA) is 33.1 Å². The number of pyridine rings is 1. The van der Waals surface area contributed by atoms with Crippen LogP contribution >= 0.6 is 0 Å². The Labute approximate surface area is 97.5 Å². The van der Waals surface area contributed by atoms with Crippen molar-refractivity contribution in [2.24, 2.45) is 0 Å². The van der Waals surface area contributed by atoms with Crippen molar-refractivity contribution >= 4 is 0 Å². The van der Waals surface area contributed by atoms with Crippen LogP contribution in [-0.2, 0) is 6.18 Å². The third-order valence-corrected chi connectivity index (χ3v) is 3.20. The molecule has 2 nitrogen and oxygen atoms in total. The molecule has 0 radical (unpaired) electrons. The number of hydrogen-bond donors (Lipinski definition) is 1. The molecule has 0 amide bonds. The van der Waals surface area contributed by atoms with Crippen molar-refractivity contribution in [2.75, 3.05) is 0 Å². The number of nitrogens with zero attached hydrogens (tertiary/aromatic N) is 1. The summed E-state index contributed by atoms with van der Waals surface area (Å²) in [6.45, 7) is 0. The Kier molecular flexibility index (Phi) is 3.26. The molecule has 1 aliphatic rings. The lowest BCUT2D eigenvalue weighted by Crippen LogP contribution is -2.15. The minimum absolute atomic E-state index is 0.0926. The molecule has 5 heteroatoms. The van der Waals surface area contributed by atoms with Gasteiger partial charge in [0.05, 0.1) is 17.5 Å². The van der Waals surface area contributed by atoms with Crippen LogP contribution < -0.4 is 0 Å². The van der Waals surface area contributed by atoms with Gasteiger partial charge in [0, 0.05) is 5.92 Å². The first kappa shape index (κ1) is 12.2. The van der Waals surface area contributed by atoms with Crippen LogP contribution in [0.15, 0.2) is 12.3 Å². The van der Waals surface area contributed by atoms with Gasteiger partial charge in [-0.15, -0.1) is 0 Å². The molecule has 0 spiro atoms. The largest absolute Gasteiger partial charge is 0.506 e. The van der Waals surface area contributed by atoms with Gasteiger partial charge in [-0.25, -0.2) is 0 Å². The Morgan fingerprint density at radius 1 is 1.18 bits per heavy atom. The molecule has 1 fully saturated rings. The monoisotopic (exact) mass is 245 g/mol. The van der Waals surface area contributed by atoms with Crippen molar-refractivity contribution in [1.29, 1.82) is 0 Å². The van der Waals surface area contributed by atoms with Gasteiger partial charge < -0.3 is 5.11 Å². The molecule has 0 bridgehead atoms. The molecule has 1 aromatic rings. The fourth-order valence-corrected chi connectivity index (χ4v) is 2.39. The fourth-order valence-electron chi connectivity index (χ4n) is 2.39. The zero-order chi connectivity index (χ0) is 12.5. The molecule has 0 unspecified atom stereocenters. The Morgan fingerprint density at radius 2 is 1.82 bits per heavy atom. The third kappa shape index (κ3) is 2.70. The highest BCUT2D eigenvalue weighted by Gasteiger charge is 2.36. The average molecular weight is 245 g/mol. The van der Waals surface area contributed by atoms with Crippen LogP contribution in [0, 0.1) is 0 Å². The van der Waals surface area contributed by atoms with E-state index in [2.05, 4.69) is 4.98 Å². The van der Waals surface area contributed by atoms with E-state index in [4.69, 9.17) is 5.11 Å². The number of hydrogen-bond acceptors (Lipinski definition) is 2. The lowest BCUT2D eigenvalue weighted by atomic mass is 9.85. The van der Waals surface area contributed by atoms with Crippen LogP contribution in [0.4, 0.5) is 13.2 Å². The molecule has 1 aliphatic carbocycles. The van der Waals surface area contributed by atoms with Gasteiger partial charge in [-0.2, -0.15) is 13.2 Å². The first-order valence-electron chi connectivity index (χ1n) is 5.74. The Morgan fingerprint density at radius 3 is 2.41 bits per heavy atom. The van der Waals surface area contributed by atoms with Gasteiger partial charge in [0.1, 0.15) is 5.75 Å². The maximum absolute atomic E-state index is 12.8. The summed E-state index contributed by atoms with van der Waals surface area (Å²) in [5, 5.41) is 9.14. The van der Waals surface area contributed by atoms with Gasteiger partial charge in [0.2, 0.25) is 0 Å². The van der Waals surface area contributed by atoms with Crippen molar-refractivity contribution in [2.45, 2.75) is 44.2 Å². The third-order valence-electron chi connectivity index (χ3n) is 3.20. The summed E-state index contributed by atoms with van der Waals surface area (Å²) < 4.78 is 38.5. The van der Waals surface area contributed by atoms with E-state index in [9.17, 15) is 13.2 Å². The van der Waals surface area contributed by atoms with Gasteiger partial charge in [0.25, 0.3) is 0 Å². The molecule has 0 aromatic carbocycles. The van der Waals surface area contributed by atoms with Crippen molar-refractivity contribution in [3.05, 3.63) is 23.5 Å². The number of halogens is 3. The summed E-state index contributed by atoms with van der Waals surface area (Å²) >= 11 is 0. The van der Waals surface area contributed by atoms with Crippen molar-refractivity contribution in [3.8, 4) is 5.75 Å². The van der Waals surface area contributed by atoms with Crippen molar-refractivity contribution in [1.82, 2.24) is 4.98 Å². The first-order valence-corrected chi connectivity index (χ1v) is 5.74. The average Bonchev–Trinajstić information content (AvgIpc) is 2.29. The first-order chi connectivity index (χ1) is 7.98. The summed E-state index contributed by atoms with van der Waals surface area (Å²) in [4.78, 5) is 3.80. The Balaban J connectivity index is 2.38. The highest BCUT2D eigenvalue weighted by Crippen LogP contribution is 2.40. The van der Waals surface area contributed by atoms with E-state index in [0.29, 0.717) is 0 Å². The van der Waals surface area contributed by atoms with E-state index in [1.165, 1.54) is 0 Å². The van der Waals surface area contributed by atoms with Gasteiger partial charge in [0.15, 0.2) is 0 Å². The number of aromatic nitrogens is 1. The van der Waals surface area contributed by atoms with Gasteiger partial charge in [-0.1, -0.05) is 19.3 Å². The predicted octanol–water partition coefficient (Wildman–Crippen LogP) is 3.85. The molecule has 17 heavy (non-hydrogen) atoms. The summed E-state index contributed by atoms with van der Waals surface area (Å²) in [6, 6.07) is 0.775. The second kappa shape index (κ2) is 4.55. The summed E-state index contributed by atoms with van der Waals surface area (Å²) in [5.74, 6) is -0.558. The zero-order valence-corrected chi connectivity index (χ0v) is 9.30. The second-order valence-electron chi connectivity index (χ2n) is 4.46. The lowest BCUT2D eigenvalue weighted by molar-refractivity contribution is -0.138. The number of aromatic hydroxyl groups is 1. The summed E-state index contributed by atoms with van der Waals surface area (Å²) in [7, 11) is 0. The van der Waals surface area contributed by atoms with E-state index in [1.807, 2.05) is 0 Å². The van der Waals surface area contributed by atoms with Gasteiger partial charge in [-0.05, 0) is 18.9 Å². The fraction of sp³-hybridized carbons (Fsp3) is 0.583. The summed E-state index contributed by atoms with van der Waals surface area (Å²) in [5.41, 5.74) is -0.695. The number of alkyl halides is 3. The smallest absolute Gasteiger partial charge is 0.418 e. The van der Waals surface area contributed by atoms with E-state index < -0.39 is 17.5 Å². The zero-order valence-electron chi connectivity index (χ0n) is 9.30. The molecule has 0 atom stereocenters. The SMILES string of the molecule is Oc1cnc(C2CCCCC2)c(C(F)(F)F)c1. The molecular formula is C12H14F3NO. The normalized spacial score (nSPS) is 18.3. The quantitative estimate of drug-likeness (QED) is 0.815. The van der Waals surface area contributed by atoms with Crippen molar-refractivity contribution in [3.63, 3.8) is 0 Å². The van der Waals surface area contributed by atoms with Gasteiger partial charge in [-0.3, -0.25) is 4.98 Å². The maximum Gasteiger partial charge on any atom is 0.418 e. The van der Waals surface area contributed by atoms with E-state index in [0.717, 1.165) is 44.4 Å². The Bertz CT molecular complexity index is 397. The van der Waals surface area contributed by atoms with E-state index in [1.54, 1.807) is 0 Å². The molecule has 1 heterocycles.